The highest BCUT2D eigenvalue weighted by atomic mass is 35.5. The molecule has 0 saturated carbocycles. The minimum Gasteiger partial charge on any atom is -0.497 e. The lowest BCUT2D eigenvalue weighted by molar-refractivity contribution is 0.0736. The zero-order chi connectivity index (χ0) is 19.3. The molecule has 1 amide bonds. The Balaban J connectivity index is 0.00000240. The molecule has 7 heteroatoms. The first kappa shape index (κ1) is 20.9. The van der Waals surface area contributed by atoms with Crippen molar-refractivity contribution in [3.63, 3.8) is 0 Å². The molecule has 0 unspecified atom stereocenters. The summed E-state index contributed by atoms with van der Waals surface area (Å²) in [6.07, 6.45) is 1.87. The Morgan fingerprint density at radius 1 is 1.10 bits per heavy atom. The fraction of sp³-hybridized carbons (Fsp3) is 0.273. The van der Waals surface area contributed by atoms with E-state index in [1.54, 1.807) is 7.11 Å². The van der Waals surface area contributed by atoms with Crippen LogP contribution < -0.4 is 10.1 Å². The maximum atomic E-state index is 13.2. The Labute approximate surface area is 176 Å². The number of carbonyl (C=O) groups is 1. The molecule has 1 N–H and O–H groups in total. The number of amides is 1. The number of hydrogen-bond donors (Lipinski definition) is 1. The quantitative estimate of drug-likeness (QED) is 0.699. The number of carbonyl (C=O) groups excluding carboxylic acids is 1. The number of aromatic nitrogens is 2. The third kappa shape index (κ3) is 4.78. The van der Waals surface area contributed by atoms with Crippen LogP contribution in [0.4, 0.5) is 0 Å². The van der Waals surface area contributed by atoms with E-state index in [9.17, 15) is 4.79 Å². The summed E-state index contributed by atoms with van der Waals surface area (Å²) in [6, 6.07) is 17.8. The van der Waals surface area contributed by atoms with Crippen LogP contribution in [0.15, 0.2) is 60.8 Å². The van der Waals surface area contributed by atoms with E-state index in [1.165, 1.54) is 0 Å². The Morgan fingerprint density at radius 3 is 2.59 bits per heavy atom. The number of ether oxygens (including phenoxy) is 1. The van der Waals surface area contributed by atoms with E-state index in [2.05, 4.69) is 17.4 Å². The number of rotatable bonds is 5. The van der Waals surface area contributed by atoms with Gasteiger partial charge in [-0.25, -0.2) is 0 Å². The SMILES string of the molecule is COc1cccc(-c2nn(Cc3ccccc3)cc2C(=O)N2CCNCC2)c1.Cl. The molecule has 1 saturated heterocycles. The van der Waals surface area contributed by atoms with E-state index in [1.807, 2.05) is 58.2 Å². The highest BCUT2D eigenvalue weighted by molar-refractivity contribution is 6.00. The van der Waals surface area contributed by atoms with Gasteiger partial charge in [-0.05, 0) is 17.7 Å². The number of nitrogens with zero attached hydrogens (tertiary/aromatic N) is 3. The lowest BCUT2D eigenvalue weighted by Gasteiger charge is -2.27. The second kappa shape index (κ2) is 9.58. The van der Waals surface area contributed by atoms with Gasteiger partial charge in [0.05, 0.1) is 19.2 Å². The van der Waals surface area contributed by atoms with Crippen molar-refractivity contribution < 1.29 is 9.53 Å². The van der Waals surface area contributed by atoms with Crippen LogP contribution in [0.3, 0.4) is 0 Å². The molecule has 6 nitrogen and oxygen atoms in total. The normalized spacial score (nSPS) is 13.6. The number of hydrogen-bond acceptors (Lipinski definition) is 4. The molecule has 1 aliphatic heterocycles. The second-order valence-electron chi connectivity index (χ2n) is 6.85. The average Bonchev–Trinajstić information content (AvgIpc) is 3.18. The van der Waals surface area contributed by atoms with Crippen molar-refractivity contribution in [1.29, 1.82) is 0 Å². The third-order valence-electron chi connectivity index (χ3n) is 4.93. The van der Waals surface area contributed by atoms with E-state index in [-0.39, 0.29) is 18.3 Å². The van der Waals surface area contributed by atoms with Crippen LogP contribution >= 0.6 is 12.4 Å². The first-order valence-corrected chi connectivity index (χ1v) is 9.50. The second-order valence-corrected chi connectivity index (χ2v) is 6.85. The fourth-order valence-corrected chi connectivity index (χ4v) is 3.45. The molecule has 29 heavy (non-hydrogen) atoms. The summed E-state index contributed by atoms with van der Waals surface area (Å²) in [5, 5.41) is 8.05. The van der Waals surface area contributed by atoms with Gasteiger partial charge >= 0.3 is 0 Å². The molecule has 152 valence electrons. The van der Waals surface area contributed by atoms with Crippen molar-refractivity contribution in [3.8, 4) is 17.0 Å². The van der Waals surface area contributed by atoms with Crippen LogP contribution in [-0.4, -0.2) is 53.9 Å². The third-order valence-corrected chi connectivity index (χ3v) is 4.93. The molecule has 4 rings (SSSR count). The van der Waals surface area contributed by atoms with Crippen LogP contribution in [0, 0.1) is 0 Å². The molecule has 0 atom stereocenters. The Hall–Kier alpha value is -2.83. The zero-order valence-corrected chi connectivity index (χ0v) is 17.2. The van der Waals surface area contributed by atoms with E-state index in [0.717, 1.165) is 30.0 Å². The molecule has 3 aromatic rings. The summed E-state index contributed by atoms with van der Waals surface area (Å²) in [5.41, 5.74) is 3.34. The average molecular weight is 413 g/mol. The monoisotopic (exact) mass is 412 g/mol. The summed E-state index contributed by atoms with van der Waals surface area (Å²) >= 11 is 0. The number of methoxy groups -OCH3 is 1. The molecule has 0 radical (unpaired) electrons. The smallest absolute Gasteiger partial charge is 0.257 e. The predicted molar refractivity (Wildman–Crippen MR) is 116 cm³/mol. The lowest BCUT2D eigenvalue weighted by Crippen LogP contribution is -2.46. The highest BCUT2D eigenvalue weighted by Gasteiger charge is 2.24. The van der Waals surface area contributed by atoms with E-state index in [0.29, 0.717) is 30.9 Å². The van der Waals surface area contributed by atoms with Gasteiger partial charge in [0.25, 0.3) is 5.91 Å². The van der Waals surface area contributed by atoms with Crippen LogP contribution in [0.1, 0.15) is 15.9 Å². The van der Waals surface area contributed by atoms with Crippen molar-refractivity contribution >= 4 is 18.3 Å². The number of nitrogens with one attached hydrogen (secondary N) is 1. The zero-order valence-electron chi connectivity index (χ0n) is 16.4. The van der Waals surface area contributed by atoms with Crippen molar-refractivity contribution in [3.05, 3.63) is 71.9 Å². The number of piperazine rings is 1. The Morgan fingerprint density at radius 2 is 1.86 bits per heavy atom. The Kier molecular flexibility index (Phi) is 6.90. The van der Waals surface area contributed by atoms with Gasteiger partial charge in [0.2, 0.25) is 0 Å². The molecule has 1 aliphatic rings. The first-order chi connectivity index (χ1) is 13.7. The molecule has 2 heterocycles. The first-order valence-electron chi connectivity index (χ1n) is 9.50. The standard InChI is InChI=1S/C22H24N4O2.ClH/c1-28-19-9-5-8-18(14-19)21-20(22(27)25-12-10-23-11-13-25)16-26(24-21)15-17-6-3-2-4-7-17;/h2-9,14,16,23H,10-13,15H2,1H3;1H. The van der Waals surface area contributed by atoms with E-state index < -0.39 is 0 Å². The number of halogens is 1. The van der Waals surface area contributed by atoms with Crippen molar-refractivity contribution in [2.75, 3.05) is 33.3 Å². The fourth-order valence-electron chi connectivity index (χ4n) is 3.45. The van der Waals surface area contributed by atoms with Crippen LogP contribution in [-0.2, 0) is 6.54 Å². The molecular weight excluding hydrogens is 388 g/mol. The molecule has 0 bridgehead atoms. The van der Waals surface area contributed by atoms with Crippen molar-refractivity contribution in [1.82, 2.24) is 20.0 Å². The van der Waals surface area contributed by atoms with Gasteiger partial charge in [-0.1, -0.05) is 42.5 Å². The topological polar surface area (TPSA) is 59.4 Å². The van der Waals surface area contributed by atoms with Crippen molar-refractivity contribution in [2.45, 2.75) is 6.54 Å². The van der Waals surface area contributed by atoms with Gasteiger partial charge < -0.3 is 15.0 Å². The van der Waals surface area contributed by atoms with E-state index in [4.69, 9.17) is 9.84 Å². The minimum atomic E-state index is 0. The largest absolute Gasteiger partial charge is 0.497 e. The summed E-state index contributed by atoms with van der Waals surface area (Å²) in [4.78, 5) is 15.1. The van der Waals surface area contributed by atoms with Crippen molar-refractivity contribution in [2.24, 2.45) is 0 Å². The van der Waals surface area contributed by atoms with Gasteiger partial charge in [0.1, 0.15) is 11.4 Å². The highest BCUT2D eigenvalue weighted by Crippen LogP contribution is 2.27. The number of benzene rings is 2. The van der Waals surface area contributed by atoms with E-state index >= 15 is 0 Å². The minimum absolute atomic E-state index is 0. The molecule has 1 fully saturated rings. The summed E-state index contributed by atoms with van der Waals surface area (Å²) < 4.78 is 7.20. The summed E-state index contributed by atoms with van der Waals surface area (Å²) in [7, 11) is 1.64. The molecule has 2 aromatic carbocycles. The summed E-state index contributed by atoms with van der Waals surface area (Å²) in [6.45, 7) is 3.67. The van der Waals surface area contributed by atoms with Gasteiger partial charge in [-0.2, -0.15) is 5.10 Å². The maximum absolute atomic E-state index is 13.2. The molecule has 0 spiro atoms. The molecule has 0 aliphatic carbocycles. The maximum Gasteiger partial charge on any atom is 0.257 e. The van der Waals surface area contributed by atoms with Crippen LogP contribution in [0.5, 0.6) is 5.75 Å². The predicted octanol–water partition coefficient (Wildman–Crippen LogP) is 3.07. The molecular formula is C22H25ClN4O2. The van der Waals surface area contributed by atoms with Crippen LogP contribution in [0.25, 0.3) is 11.3 Å². The van der Waals surface area contributed by atoms with Gasteiger partial charge in [-0.15, -0.1) is 12.4 Å². The molecule has 1 aromatic heterocycles. The van der Waals surface area contributed by atoms with Gasteiger partial charge in [0.15, 0.2) is 0 Å². The Bertz CT molecular complexity index is 952. The van der Waals surface area contributed by atoms with Gasteiger partial charge in [0, 0.05) is 37.9 Å². The van der Waals surface area contributed by atoms with Crippen LogP contribution in [0.2, 0.25) is 0 Å². The summed E-state index contributed by atoms with van der Waals surface area (Å²) in [5.74, 6) is 0.773. The van der Waals surface area contributed by atoms with Gasteiger partial charge in [-0.3, -0.25) is 9.48 Å². The lowest BCUT2D eigenvalue weighted by atomic mass is 10.1.